The van der Waals surface area contributed by atoms with Gasteiger partial charge in [-0.1, -0.05) is 63.0 Å². The number of hydrogen-bond acceptors (Lipinski definition) is 0. The molecule has 0 saturated carbocycles. The second-order valence-corrected chi connectivity index (χ2v) is 4.69. The van der Waals surface area contributed by atoms with Crippen LogP contribution in [0.1, 0.15) is 63.0 Å². The van der Waals surface area contributed by atoms with E-state index in [1.807, 2.05) is 24.3 Å². The molecule has 0 atom stereocenters. The van der Waals surface area contributed by atoms with Gasteiger partial charge < -0.3 is 0 Å². The van der Waals surface area contributed by atoms with Crippen LogP contribution in [0.4, 0.5) is 0 Å². The standard InChI is InChI=1S/C17H24N/c1-2-3-4-5-6-7-8-9-10-16-11-13-17(15-18)14-12-16/h11-14,18H,2-8,15H2,1H3. The maximum Gasteiger partial charge on any atom is 0.0351 e. The van der Waals surface area contributed by atoms with Gasteiger partial charge in [0.25, 0.3) is 0 Å². The zero-order valence-corrected chi connectivity index (χ0v) is 11.5. The third kappa shape index (κ3) is 6.47. The number of rotatable bonds is 7. The molecule has 0 aliphatic carbocycles. The largest absolute Gasteiger partial charge is 0.253 e. The summed E-state index contributed by atoms with van der Waals surface area (Å²) < 4.78 is 0. The summed E-state index contributed by atoms with van der Waals surface area (Å²) in [6, 6.07) is 8.00. The Labute approximate surface area is 112 Å². The maximum absolute atomic E-state index is 7.24. The quantitative estimate of drug-likeness (QED) is 0.494. The van der Waals surface area contributed by atoms with Crippen LogP contribution in [0.25, 0.3) is 0 Å². The molecule has 0 unspecified atom stereocenters. The van der Waals surface area contributed by atoms with Crippen LogP contribution in [0, 0.1) is 11.8 Å². The lowest BCUT2D eigenvalue weighted by molar-refractivity contribution is 0.614. The summed E-state index contributed by atoms with van der Waals surface area (Å²) >= 11 is 0. The minimum absolute atomic E-state index is 0.353. The molecule has 0 amide bonds. The van der Waals surface area contributed by atoms with E-state index in [0.29, 0.717) is 6.54 Å². The zero-order valence-electron chi connectivity index (χ0n) is 11.5. The highest BCUT2D eigenvalue weighted by Gasteiger charge is 1.90. The first-order chi connectivity index (χ1) is 8.86. The number of hydrogen-bond donors (Lipinski definition) is 0. The molecule has 0 fully saturated rings. The molecule has 1 N–H and O–H groups in total. The fraction of sp³-hybridized carbons (Fsp3) is 0.529. The fourth-order valence-electron chi connectivity index (χ4n) is 1.86. The second-order valence-electron chi connectivity index (χ2n) is 4.69. The molecule has 1 nitrogen and oxygen atoms in total. The predicted octanol–water partition coefficient (Wildman–Crippen LogP) is 4.57. The average molecular weight is 242 g/mol. The monoisotopic (exact) mass is 242 g/mol. The maximum atomic E-state index is 7.24. The molecule has 1 radical (unpaired) electrons. The minimum atomic E-state index is 0.353. The Morgan fingerprint density at radius 1 is 0.944 bits per heavy atom. The summed E-state index contributed by atoms with van der Waals surface area (Å²) in [5.74, 6) is 6.42. The summed E-state index contributed by atoms with van der Waals surface area (Å²) in [6.07, 6.45) is 8.95. The van der Waals surface area contributed by atoms with E-state index in [2.05, 4.69) is 18.8 Å². The minimum Gasteiger partial charge on any atom is -0.253 e. The number of unbranched alkanes of at least 4 members (excludes halogenated alkanes) is 6. The molecule has 0 saturated heterocycles. The van der Waals surface area contributed by atoms with Gasteiger partial charge in [-0.25, -0.2) is 0 Å². The molecule has 1 rings (SSSR count). The van der Waals surface area contributed by atoms with Crippen LogP contribution in [0.3, 0.4) is 0 Å². The summed E-state index contributed by atoms with van der Waals surface area (Å²) in [5, 5.41) is 0. The smallest absolute Gasteiger partial charge is 0.0351 e. The van der Waals surface area contributed by atoms with E-state index in [1.54, 1.807) is 0 Å². The molecule has 0 aliphatic heterocycles. The highest BCUT2D eigenvalue weighted by molar-refractivity contribution is 5.35. The molecule has 1 aromatic rings. The highest BCUT2D eigenvalue weighted by Crippen LogP contribution is 2.07. The molecule has 0 spiro atoms. The van der Waals surface area contributed by atoms with Crippen molar-refractivity contribution < 1.29 is 0 Å². The number of benzene rings is 1. The van der Waals surface area contributed by atoms with Gasteiger partial charge in [-0.05, 0) is 24.1 Å². The van der Waals surface area contributed by atoms with Crippen molar-refractivity contribution >= 4 is 0 Å². The summed E-state index contributed by atoms with van der Waals surface area (Å²) in [6.45, 7) is 2.60. The van der Waals surface area contributed by atoms with Crippen molar-refractivity contribution in [3.8, 4) is 11.8 Å². The molecular formula is C17H24N. The highest BCUT2D eigenvalue weighted by atomic mass is 14.5. The first-order valence-electron chi connectivity index (χ1n) is 7.09. The molecule has 0 bridgehead atoms. The van der Waals surface area contributed by atoms with Crippen molar-refractivity contribution in [2.24, 2.45) is 0 Å². The first kappa shape index (κ1) is 14.8. The predicted molar refractivity (Wildman–Crippen MR) is 78.1 cm³/mol. The Bertz CT molecular complexity index is 367. The van der Waals surface area contributed by atoms with E-state index in [1.165, 1.54) is 38.5 Å². The van der Waals surface area contributed by atoms with Crippen LogP contribution >= 0.6 is 0 Å². The normalized spacial score (nSPS) is 9.89. The van der Waals surface area contributed by atoms with Gasteiger partial charge in [0.2, 0.25) is 0 Å². The summed E-state index contributed by atoms with van der Waals surface area (Å²) in [7, 11) is 0. The van der Waals surface area contributed by atoms with Crippen LogP contribution in [0.2, 0.25) is 0 Å². The van der Waals surface area contributed by atoms with Gasteiger partial charge in [0, 0.05) is 18.5 Å². The summed E-state index contributed by atoms with van der Waals surface area (Å²) in [4.78, 5) is 0. The molecule has 1 aromatic carbocycles. The zero-order chi connectivity index (χ0) is 13.1. The third-order valence-electron chi connectivity index (χ3n) is 3.05. The number of nitrogens with one attached hydrogen (secondary N) is 1. The third-order valence-corrected chi connectivity index (χ3v) is 3.05. The molecule has 97 valence electrons. The molecule has 0 aliphatic rings. The Morgan fingerprint density at radius 2 is 1.61 bits per heavy atom. The van der Waals surface area contributed by atoms with Crippen LogP contribution in [-0.2, 0) is 6.54 Å². The van der Waals surface area contributed by atoms with E-state index in [-0.39, 0.29) is 0 Å². The van der Waals surface area contributed by atoms with Crippen LogP contribution in [-0.4, -0.2) is 0 Å². The molecule has 0 heterocycles. The Balaban J connectivity index is 2.16. The lowest BCUT2D eigenvalue weighted by atomic mass is 10.1. The SMILES string of the molecule is CCCCCCCCC#Cc1ccc(C[NH])cc1. The van der Waals surface area contributed by atoms with Gasteiger partial charge in [-0.2, -0.15) is 0 Å². The van der Waals surface area contributed by atoms with E-state index in [0.717, 1.165) is 17.5 Å². The summed E-state index contributed by atoms with van der Waals surface area (Å²) in [5.41, 5.74) is 9.36. The van der Waals surface area contributed by atoms with E-state index in [4.69, 9.17) is 5.73 Å². The Hall–Kier alpha value is -1.26. The van der Waals surface area contributed by atoms with E-state index >= 15 is 0 Å². The van der Waals surface area contributed by atoms with Gasteiger partial charge in [0.05, 0.1) is 0 Å². The molecule has 1 heteroatoms. The molecule has 18 heavy (non-hydrogen) atoms. The van der Waals surface area contributed by atoms with Gasteiger partial charge in [0.1, 0.15) is 0 Å². The van der Waals surface area contributed by atoms with Gasteiger partial charge >= 0.3 is 0 Å². The van der Waals surface area contributed by atoms with E-state index < -0.39 is 0 Å². The van der Waals surface area contributed by atoms with Crippen LogP contribution in [0.5, 0.6) is 0 Å². The first-order valence-corrected chi connectivity index (χ1v) is 7.09. The van der Waals surface area contributed by atoms with Gasteiger partial charge in [-0.3, -0.25) is 5.73 Å². The van der Waals surface area contributed by atoms with Crippen LogP contribution < -0.4 is 5.73 Å². The molecule has 0 aromatic heterocycles. The van der Waals surface area contributed by atoms with Crippen molar-refractivity contribution in [3.63, 3.8) is 0 Å². The lowest BCUT2D eigenvalue weighted by Crippen LogP contribution is -1.84. The van der Waals surface area contributed by atoms with E-state index in [9.17, 15) is 0 Å². The van der Waals surface area contributed by atoms with Crippen molar-refractivity contribution in [1.82, 2.24) is 5.73 Å². The Morgan fingerprint density at radius 3 is 2.28 bits per heavy atom. The average Bonchev–Trinajstić information content (AvgIpc) is 2.42. The van der Waals surface area contributed by atoms with Crippen molar-refractivity contribution in [2.45, 2.75) is 58.4 Å². The fourth-order valence-corrected chi connectivity index (χ4v) is 1.86. The van der Waals surface area contributed by atoms with Gasteiger partial charge in [-0.15, -0.1) is 0 Å². The Kier molecular flexibility index (Phi) is 8.01. The topological polar surface area (TPSA) is 23.8 Å². The van der Waals surface area contributed by atoms with Crippen molar-refractivity contribution in [2.75, 3.05) is 0 Å². The van der Waals surface area contributed by atoms with Crippen molar-refractivity contribution in [3.05, 3.63) is 35.4 Å². The lowest BCUT2D eigenvalue weighted by Gasteiger charge is -1.97. The molecular weight excluding hydrogens is 218 g/mol. The van der Waals surface area contributed by atoms with Gasteiger partial charge in [0.15, 0.2) is 0 Å². The van der Waals surface area contributed by atoms with Crippen LogP contribution in [0.15, 0.2) is 24.3 Å². The second kappa shape index (κ2) is 9.74. The van der Waals surface area contributed by atoms with Crippen molar-refractivity contribution in [1.29, 1.82) is 0 Å².